The van der Waals surface area contributed by atoms with Gasteiger partial charge < -0.3 is 68.9 Å². The first-order valence-electron chi connectivity index (χ1n) is 13.5. The van der Waals surface area contributed by atoms with Gasteiger partial charge in [-0.05, 0) is 41.5 Å². The molecule has 8 unspecified atom stereocenters. The molecule has 0 amide bonds. The van der Waals surface area contributed by atoms with Gasteiger partial charge in [-0.1, -0.05) is 12.1 Å². The molecule has 0 aliphatic carbocycles. The number of hydrogen-bond donors (Lipinski definition) is 7. The summed E-state index contributed by atoms with van der Waals surface area (Å²) >= 11 is 0. The van der Waals surface area contributed by atoms with E-state index < -0.39 is 74.5 Å². The van der Waals surface area contributed by atoms with Crippen LogP contribution in [-0.2, 0) is 30.3 Å². The summed E-state index contributed by atoms with van der Waals surface area (Å²) in [5.41, 5.74) is -0.956. The highest BCUT2D eigenvalue weighted by molar-refractivity contribution is 5.87. The van der Waals surface area contributed by atoms with Crippen LogP contribution in [0.1, 0.15) is 11.1 Å². The van der Waals surface area contributed by atoms with Crippen LogP contribution in [0, 0.1) is 0 Å². The van der Waals surface area contributed by atoms with E-state index >= 15 is 0 Å². The second kappa shape index (κ2) is 14.5. The molecule has 8 atom stereocenters. The number of phenols is 1. The van der Waals surface area contributed by atoms with Crippen molar-refractivity contribution in [2.45, 2.75) is 55.3 Å². The van der Waals surface area contributed by atoms with Gasteiger partial charge in [0.25, 0.3) is 0 Å². The Labute approximate surface area is 252 Å². The van der Waals surface area contributed by atoms with Crippen molar-refractivity contribution in [3.63, 3.8) is 0 Å². The Bertz CT molecular complexity index is 1300. The molecular weight excluding hydrogens is 588 g/mol. The van der Waals surface area contributed by atoms with Gasteiger partial charge in [0.1, 0.15) is 37.1 Å². The van der Waals surface area contributed by atoms with Crippen molar-refractivity contribution in [3.05, 3.63) is 53.6 Å². The minimum Gasteiger partial charge on any atom is -0.504 e. The first-order valence-corrected chi connectivity index (χ1v) is 13.5. The number of hydrogen-bond acceptors (Lipinski definition) is 15. The Morgan fingerprint density at radius 1 is 0.977 bits per heavy atom. The highest BCUT2D eigenvalue weighted by Gasteiger charge is 2.51. The number of aliphatic hydroxyl groups is 6. The van der Waals surface area contributed by atoms with E-state index in [9.17, 15) is 40.5 Å². The molecule has 4 rings (SSSR count). The van der Waals surface area contributed by atoms with Crippen LogP contribution < -0.4 is 14.2 Å². The SMILES string of the molecule is COc1cc(C=CC(=O)OCC2(O)COC(OCC3OC(Oc4ccc(CO)cc4OC)C(O)C(O)C3O)C2O)ccc1O. The molecule has 7 N–H and O–H groups in total. The Hall–Kier alpha value is -3.51. The number of benzene rings is 2. The Balaban J connectivity index is 1.31. The van der Waals surface area contributed by atoms with E-state index in [0.717, 1.165) is 6.08 Å². The van der Waals surface area contributed by atoms with Crippen LogP contribution in [0.25, 0.3) is 6.08 Å². The lowest BCUT2D eigenvalue weighted by atomic mass is 9.99. The quantitative estimate of drug-likeness (QED) is 0.109. The molecule has 0 saturated carbocycles. The van der Waals surface area contributed by atoms with Gasteiger partial charge in [0.2, 0.25) is 6.29 Å². The smallest absolute Gasteiger partial charge is 0.330 e. The van der Waals surface area contributed by atoms with Gasteiger partial charge in [-0.25, -0.2) is 4.79 Å². The van der Waals surface area contributed by atoms with E-state index in [1.165, 1.54) is 44.6 Å². The molecule has 2 aliphatic rings. The largest absolute Gasteiger partial charge is 0.504 e. The van der Waals surface area contributed by atoms with Crippen LogP contribution in [0.5, 0.6) is 23.0 Å². The predicted octanol–water partition coefficient (Wildman–Crippen LogP) is -1.19. The Morgan fingerprint density at radius 2 is 1.73 bits per heavy atom. The van der Waals surface area contributed by atoms with Crippen molar-refractivity contribution in [3.8, 4) is 23.0 Å². The van der Waals surface area contributed by atoms with Crippen LogP contribution in [0.2, 0.25) is 0 Å². The third-order valence-corrected chi connectivity index (χ3v) is 7.13. The normalized spacial score (nSPS) is 30.3. The lowest BCUT2D eigenvalue weighted by Gasteiger charge is -2.40. The van der Waals surface area contributed by atoms with Gasteiger partial charge in [0.05, 0.1) is 34.0 Å². The molecule has 2 aromatic rings. The number of phenolic OH excluding ortho intramolecular Hbond substituents is 1. The first-order chi connectivity index (χ1) is 21.0. The zero-order valence-corrected chi connectivity index (χ0v) is 23.9. The van der Waals surface area contributed by atoms with E-state index in [4.69, 9.17) is 33.2 Å². The Kier molecular flexibility index (Phi) is 11.0. The van der Waals surface area contributed by atoms with E-state index in [1.807, 2.05) is 0 Å². The summed E-state index contributed by atoms with van der Waals surface area (Å²) in [5, 5.41) is 71.8. The van der Waals surface area contributed by atoms with Gasteiger partial charge >= 0.3 is 5.97 Å². The monoisotopic (exact) mass is 624 g/mol. The maximum atomic E-state index is 12.2. The van der Waals surface area contributed by atoms with E-state index in [0.29, 0.717) is 11.1 Å². The third-order valence-electron chi connectivity index (χ3n) is 7.13. The number of esters is 1. The molecule has 15 heteroatoms. The fourth-order valence-electron chi connectivity index (χ4n) is 4.50. The van der Waals surface area contributed by atoms with Crippen LogP contribution in [-0.4, -0.2) is 124 Å². The fourth-order valence-corrected chi connectivity index (χ4v) is 4.50. The molecular formula is C29H36O15. The van der Waals surface area contributed by atoms with Crippen LogP contribution in [0.15, 0.2) is 42.5 Å². The van der Waals surface area contributed by atoms with Crippen molar-refractivity contribution < 1.29 is 73.7 Å². The zero-order valence-electron chi connectivity index (χ0n) is 23.9. The average Bonchev–Trinajstić information content (AvgIpc) is 3.32. The fraction of sp³-hybridized carbons (Fsp3) is 0.483. The van der Waals surface area contributed by atoms with Gasteiger partial charge in [-0.15, -0.1) is 0 Å². The standard InChI is InChI=1S/C29H36O15/c1-38-19-9-15(3-6-17(19)31)5-8-22(32)41-13-29(37)14-42-28(26(29)36)40-12-21-23(33)24(34)25(35)27(44-21)43-18-7-4-16(11-30)10-20(18)39-2/h3-10,21,23-28,30-31,33-37H,11-14H2,1-2H3. The molecule has 2 aromatic carbocycles. The lowest BCUT2D eigenvalue weighted by molar-refractivity contribution is -0.289. The third kappa shape index (κ3) is 7.58. The summed E-state index contributed by atoms with van der Waals surface area (Å²) in [6.45, 7) is -1.82. The molecule has 0 radical (unpaired) electrons. The minimum absolute atomic E-state index is 0.0706. The van der Waals surface area contributed by atoms with Crippen molar-refractivity contribution in [1.29, 1.82) is 0 Å². The van der Waals surface area contributed by atoms with E-state index in [-0.39, 0.29) is 29.6 Å². The molecule has 0 spiro atoms. The molecule has 242 valence electrons. The summed E-state index contributed by atoms with van der Waals surface area (Å²) < 4.78 is 37.5. The summed E-state index contributed by atoms with van der Waals surface area (Å²) in [6.07, 6.45) is -8.36. The Morgan fingerprint density at radius 3 is 2.43 bits per heavy atom. The number of aliphatic hydroxyl groups excluding tert-OH is 5. The van der Waals surface area contributed by atoms with Crippen LogP contribution in [0.3, 0.4) is 0 Å². The van der Waals surface area contributed by atoms with E-state index in [2.05, 4.69) is 0 Å². The average molecular weight is 625 g/mol. The lowest BCUT2D eigenvalue weighted by Crippen LogP contribution is -2.60. The number of carbonyl (C=O) groups is 1. The highest BCUT2D eigenvalue weighted by Crippen LogP contribution is 2.33. The highest BCUT2D eigenvalue weighted by atomic mass is 16.7. The summed E-state index contributed by atoms with van der Waals surface area (Å²) in [7, 11) is 2.75. The van der Waals surface area contributed by atoms with Crippen molar-refractivity contribution in [1.82, 2.24) is 0 Å². The molecule has 0 aromatic heterocycles. The number of carbonyl (C=O) groups excluding carboxylic acids is 1. The second-order valence-electron chi connectivity index (χ2n) is 10.2. The summed E-state index contributed by atoms with van der Waals surface area (Å²) in [5.74, 6) is -0.343. The van der Waals surface area contributed by atoms with Gasteiger partial charge in [-0.2, -0.15) is 0 Å². The topological polar surface area (TPSA) is 223 Å². The molecule has 2 saturated heterocycles. The van der Waals surface area contributed by atoms with Gasteiger partial charge in [-0.3, -0.25) is 0 Å². The molecule has 2 aliphatic heterocycles. The maximum absolute atomic E-state index is 12.2. The van der Waals surface area contributed by atoms with E-state index in [1.54, 1.807) is 12.1 Å². The van der Waals surface area contributed by atoms with Crippen LogP contribution in [0.4, 0.5) is 0 Å². The zero-order chi connectivity index (χ0) is 32.0. The predicted molar refractivity (Wildman–Crippen MR) is 148 cm³/mol. The van der Waals surface area contributed by atoms with Gasteiger partial charge in [0, 0.05) is 6.08 Å². The number of rotatable bonds is 12. The molecule has 44 heavy (non-hydrogen) atoms. The molecule has 2 fully saturated rings. The van der Waals surface area contributed by atoms with Crippen molar-refractivity contribution in [2.75, 3.05) is 34.0 Å². The van der Waals surface area contributed by atoms with Crippen LogP contribution >= 0.6 is 0 Å². The van der Waals surface area contributed by atoms with Gasteiger partial charge in [0.15, 0.2) is 34.9 Å². The maximum Gasteiger partial charge on any atom is 0.330 e. The number of ether oxygens (including phenoxy) is 7. The molecule has 15 nitrogen and oxygen atoms in total. The minimum atomic E-state index is -2.03. The number of aromatic hydroxyl groups is 1. The first kappa shape index (κ1) is 33.4. The molecule has 2 heterocycles. The number of methoxy groups -OCH3 is 2. The summed E-state index contributed by atoms with van der Waals surface area (Å²) in [6, 6.07) is 8.97. The summed E-state index contributed by atoms with van der Waals surface area (Å²) in [4.78, 5) is 12.2. The van der Waals surface area contributed by atoms with Crippen molar-refractivity contribution >= 4 is 12.0 Å². The second-order valence-corrected chi connectivity index (χ2v) is 10.2. The van der Waals surface area contributed by atoms with Crippen molar-refractivity contribution in [2.24, 2.45) is 0 Å². The molecule has 0 bridgehead atoms.